The molecule has 0 aliphatic carbocycles. The van der Waals surface area contributed by atoms with Gasteiger partial charge >= 0.3 is 0 Å². The summed E-state index contributed by atoms with van der Waals surface area (Å²) >= 11 is 0. The van der Waals surface area contributed by atoms with Crippen molar-refractivity contribution >= 4 is 15.7 Å². The molecule has 5 rings (SSSR count). The number of alkyl halides is 1. The monoisotopic (exact) mass is 565 g/mol. The average Bonchev–Trinajstić information content (AvgIpc) is 3.81. The van der Waals surface area contributed by atoms with Crippen LogP contribution in [0.1, 0.15) is 71.1 Å². The highest BCUT2D eigenvalue weighted by molar-refractivity contribution is 7.89. The number of halogens is 1. The summed E-state index contributed by atoms with van der Waals surface area (Å²) in [7, 11) is -3.83. The molecule has 9 nitrogen and oxygen atoms in total. The first-order valence-electron chi connectivity index (χ1n) is 14.3. The van der Waals surface area contributed by atoms with Gasteiger partial charge in [0.1, 0.15) is 6.17 Å². The van der Waals surface area contributed by atoms with Gasteiger partial charge in [0.15, 0.2) is 0 Å². The molecule has 1 unspecified atom stereocenters. The lowest BCUT2D eigenvalue weighted by Gasteiger charge is -2.34. The second-order valence-electron chi connectivity index (χ2n) is 10.3. The maximum Gasteiger partial charge on any atom is 0.272 e. The Hall–Kier alpha value is -2.34. The van der Waals surface area contributed by atoms with Gasteiger partial charge < -0.3 is 15.4 Å². The number of hydrogen-bond donors (Lipinski definition) is 2. The molecule has 1 aromatic carbocycles. The fourth-order valence-electron chi connectivity index (χ4n) is 5.28. The molecular formula is C28H44FN5O4S. The fraction of sp³-hybridized carbons (Fsp3) is 0.643. The molecule has 39 heavy (non-hydrogen) atoms. The normalized spacial score (nSPS) is 25.4. The van der Waals surface area contributed by atoms with E-state index in [9.17, 15) is 13.2 Å². The first-order valence-corrected chi connectivity index (χ1v) is 15.7. The summed E-state index contributed by atoms with van der Waals surface area (Å²) in [5, 5.41) is 10.9. The van der Waals surface area contributed by atoms with Crippen LogP contribution in [0.2, 0.25) is 0 Å². The number of sulfonamides is 1. The van der Waals surface area contributed by atoms with Crippen LogP contribution in [0.5, 0.6) is 0 Å². The molecular weight excluding hydrogens is 521 g/mol. The van der Waals surface area contributed by atoms with Gasteiger partial charge in [-0.15, -0.1) is 0 Å². The number of rotatable bonds is 9. The van der Waals surface area contributed by atoms with E-state index < -0.39 is 22.2 Å². The van der Waals surface area contributed by atoms with Crippen molar-refractivity contribution in [1.82, 2.24) is 19.4 Å². The molecule has 3 aliphatic heterocycles. The molecule has 218 valence electrons. The number of hydrogen-bond acceptors (Lipinski definition) is 7. The SMILES string of the molecule is CC.CCCc1c(NC[C@H]2CCCOC2)cnn([C@H]2CCN(S(=O)(=O)c3ccc(C4CN4)cc3)C[C@@H]2F)c1=O.[HH]. The van der Waals surface area contributed by atoms with Crippen LogP contribution < -0.4 is 16.2 Å². The average molecular weight is 566 g/mol. The first kappa shape index (κ1) is 29.6. The Balaban J connectivity index is 0.00000144. The second kappa shape index (κ2) is 13.3. The van der Waals surface area contributed by atoms with Gasteiger partial charge in [0.05, 0.1) is 29.4 Å². The zero-order valence-corrected chi connectivity index (χ0v) is 24.1. The summed E-state index contributed by atoms with van der Waals surface area (Å²) in [5.41, 5.74) is 2.02. The largest absolute Gasteiger partial charge is 0.383 e. The highest BCUT2D eigenvalue weighted by Crippen LogP contribution is 2.30. The molecule has 0 spiro atoms. The highest BCUT2D eigenvalue weighted by atomic mass is 32.2. The van der Waals surface area contributed by atoms with Gasteiger partial charge in [0.2, 0.25) is 10.0 Å². The smallest absolute Gasteiger partial charge is 0.272 e. The lowest BCUT2D eigenvalue weighted by atomic mass is 10.0. The van der Waals surface area contributed by atoms with Gasteiger partial charge in [0.25, 0.3) is 5.56 Å². The van der Waals surface area contributed by atoms with Gasteiger partial charge in [-0.1, -0.05) is 39.3 Å². The van der Waals surface area contributed by atoms with Crippen LogP contribution in [0, 0.1) is 5.92 Å². The van der Waals surface area contributed by atoms with Crippen LogP contribution in [0.3, 0.4) is 0 Å². The van der Waals surface area contributed by atoms with Gasteiger partial charge in [-0.2, -0.15) is 9.40 Å². The molecule has 0 saturated carbocycles. The fourth-order valence-corrected chi connectivity index (χ4v) is 6.74. The van der Waals surface area contributed by atoms with E-state index in [2.05, 4.69) is 15.7 Å². The van der Waals surface area contributed by atoms with E-state index >= 15 is 4.39 Å². The van der Waals surface area contributed by atoms with E-state index in [-0.39, 0.29) is 37.4 Å². The number of benzene rings is 1. The molecule has 2 aromatic rings. The van der Waals surface area contributed by atoms with Gasteiger partial charge in [-0.3, -0.25) is 4.79 Å². The lowest BCUT2D eigenvalue weighted by molar-refractivity contribution is 0.0595. The molecule has 4 heterocycles. The molecule has 11 heteroatoms. The summed E-state index contributed by atoms with van der Waals surface area (Å²) in [6, 6.07) is 6.24. The molecule has 3 saturated heterocycles. The van der Waals surface area contributed by atoms with Crippen molar-refractivity contribution < 1.29 is 19.0 Å². The Morgan fingerprint density at radius 1 is 1.23 bits per heavy atom. The van der Waals surface area contributed by atoms with Crippen LogP contribution in [0.15, 0.2) is 40.2 Å². The highest BCUT2D eigenvalue weighted by Gasteiger charge is 2.38. The van der Waals surface area contributed by atoms with Crippen molar-refractivity contribution in [3.05, 3.63) is 51.9 Å². The van der Waals surface area contributed by atoms with Gasteiger partial charge in [0, 0.05) is 45.8 Å². The predicted octanol–water partition coefficient (Wildman–Crippen LogP) is 3.92. The van der Waals surface area contributed by atoms with E-state index in [0.717, 1.165) is 38.0 Å². The van der Waals surface area contributed by atoms with Crippen molar-refractivity contribution in [2.75, 3.05) is 44.7 Å². The van der Waals surface area contributed by atoms with Crippen LogP contribution in [-0.2, 0) is 21.2 Å². The molecule has 0 amide bonds. The molecule has 4 atom stereocenters. The molecule has 3 fully saturated rings. The van der Waals surface area contributed by atoms with E-state index in [1.54, 1.807) is 30.5 Å². The van der Waals surface area contributed by atoms with Crippen molar-refractivity contribution in [3.8, 4) is 0 Å². The summed E-state index contributed by atoms with van der Waals surface area (Å²) in [6.45, 7) is 8.90. The standard InChI is InChI=1S/C26H36FN5O4S.C2H6.H2/c1-2-4-21-24(28-13-18-5-3-12-36-17-18)15-30-32(26(21)33)25-10-11-31(16-22(25)27)37(34,35)20-8-6-19(7-9-20)23-14-29-23;1-2;/h6-9,15,18,22-23,25,28-29H,2-5,10-14,16-17H2,1H3;1-2H3;1H/t18-,22+,23?,25+;;/m1../s1. The van der Waals surface area contributed by atoms with E-state index in [1.807, 2.05) is 20.8 Å². The quantitative estimate of drug-likeness (QED) is 0.443. The zero-order chi connectivity index (χ0) is 28.0. The predicted molar refractivity (Wildman–Crippen MR) is 152 cm³/mol. The number of aromatic nitrogens is 2. The van der Waals surface area contributed by atoms with Crippen molar-refractivity contribution in [1.29, 1.82) is 0 Å². The second-order valence-corrected chi connectivity index (χ2v) is 12.2. The molecule has 0 bridgehead atoms. The van der Waals surface area contributed by atoms with Crippen molar-refractivity contribution in [2.45, 2.75) is 76.0 Å². The number of anilines is 1. The van der Waals surface area contributed by atoms with Crippen molar-refractivity contribution in [3.63, 3.8) is 0 Å². The topological polar surface area (TPSA) is 115 Å². The number of nitrogens with one attached hydrogen (secondary N) is 2. The van der Waals surface area contributed by atoms with Crippen LogP contribution in [0.25, 0.3) is 0 Å². The van der Waals surface area contributed by atoms with E-state index in [1.165, 1.54) is 8.99 Å². The molecule has 3 aliphatic rings. The molecule has 0 radical (unpaired) electrons. The Kier molecular flexibility index (Phi) is 10.1. The third-order valence-corrected chi connectivity index (χ3v) is 9.43. The lowest BCUT2D eigenvalue weighted by Crippen LogP contribution is -2.48. The third kappa shape index (κ3) is 6.87. The van der Waals surface area contributed by atoms with Crippen LogP contribution >= 0.6 is 0 Å². The summed E-state index contributed by atoms with van der Waals surface area (Å²) < 4.78 is 49.7. The van der Waals surface area contributed by atoms with Crippen LogP contribution in [-0.4, -0.2) is 68.1 Å². The van der Waals surface area contributed by atoms with E-state index in [4.69, 9.17) is 4.74 Å². The number of piperidine rings is 1. The van der Waals surface area contributed by atoms with Gasteiger partial charge in [-0.05, 0) is 49.3 Å². The molecule has 1 aromatic heterocycles. The Morgan fingerprint density at radius 2 is 1.97 bits per heavy atom. The summed E-state index contributed by atoms with van der Waals surface area (Å²) in [6.07, 6.45) is 3.68. The van der Waals surface area contributed by atoms with E-state index in [0.29, 0.717) is 36.7 Å². The minimum absolute atomic E-state index is 0. The first-order chi connectivity index (χ1) is 18.9. The zero-order valence-electron chi connectivity index (χ0n) is 23.2. The van der Waals surface area contributed by atoms with Gasteiger partial charge in [-0.25, -0.2) is 17.5 Å². The Bertz CT molecular complexity index is 1250. The Labute approximate surface area is 232 Å². The number of nitrogens with zero attached hydrogens (tertiary/aromatic N) is 3. The maximum absolute atomic E-state index is 15.5. The minimum Gasteiger partial charge on any atom is -0.383 e. The maximum atomic E-state index is 15.5. The molecule has 2 N–H and O–H groups in total. The Morgan fingerprint density at radius 3 is 2.59 bits per heavy atom. The number of ether oxygens (including phenoxy) is 1. The minimum atomic E-state index is -3.83. The summed E-state index contributed by atoms with van der Waals surface area (Å²) in [4.78, 5) is 13.6. The van der Waals surface area contributed by atoms with Crippen LogP contribution in [0.4, 0.5) is 10.1 Å². The summed E-state index contributed by atoms with van der Waals surface area (Å²) in [5.74, 6) is 0.383. The van der Waals surface area contributed by atoms with Crippen molar-refractivity contribution in [2.24, 2.45) is 5.92 Å². The third-order valence-electron chi connectivity index (χ3n) is 7.55.